The van der Waals surface area contributed by atoms with E-state index in [1.165, 1.54) is 35.6 Å². The SMILES string of the molecule is Cc1ccccc1-c1nnc(NC(=O)c2ccc(C(=O)Cl)cc2)s1. The Morgan fingerprint density at radius 3 is 2.33 bits per heavy atom. The first kappa shape index (κ1) is 16.3. The molecule has 2 aromatic carbocycles. The van der Waals surface area contributed by atoms with E-state index >= 15 is 0 Å². The second-order valence-electron chi connectivity index (χ2n) is 5.03. The molecule has 0 atom stereocenters. The van der Waals surface area contributed by atoms with Crippen molar-refractivity contribution in [2.24, 2.45) is 0 Å². The highest BCUT2D eigenvalue weighted by Crippen LogP contribution is 2.28. The highest BCUT2D eigenvalue weighted by Gasteiger charge is 2.13. The van der Waals surface area contributed by atoms with Crippen molar-refractivity contribution in [3.63, 3.8) is 0 Å². The van der Waals surface area contributed by atoms with Gasteiger partial charge in [0.1, 0.15) is 5.01 Å². The van der Waals surface area contributed by atoms with Gasteiger partial charge in [-0.25, -0.2) is 0 Å². The summed E-state index contributed by atoms with van der Waals surface area (Å²) in [6.07, 6.45) is 0. The van der Waals surface area contributed by atoms with Crippen molar-refractivity contribution in [3.05, 3.63) is 65.2 Å². The van der Waals surface area contributed by atoms with E-state index in [2.05, 4.69) is 15.5 Å². The van der Waals surface area contributed by atoms with Gasteiger partial charge in [0.15, 0.2) is 0 Å². The van der Waals surface area contributed by atoms with Gasteiger partial charge >= 0.3 is 0 Å². The summed E-state index contributed by atoms with van der Waals surface area (Å²) < 4.78 is 0. The minimum absolute atomic E-state index is 0.323. The maximum absolute atomic E-state index is 12.2. The zero-order valence-electron chi connectivity index (χ0n) is 12.6. The molecule has 1 heterocycles. The normalized spacial score (nSPS) is 10.4. The van der Waals surface area contributed by atoms with Gasteiger partial charge in [-0.1, -0.05) is 35.6 Å². The Labute approximate surface area is 147 Å². The van der Waals surface area contributed by atoms with Crippen LogP contribution in [0.15, 0.2) is 48.5 Å². The smallest absolute Gasteiger partial charge is 0.257 e. The Morgan fingerprint density at radius 1 is 1.00 bits per heavy atom. The van der Waals surface area contributed by atoms with E-state index in [-0.39, 0.29) is 5.91 Å². The molecule has 1 aromatic heterocycles. The largest absolute Gasteiger partial charge is 0.296 e. The summed E-state index contributed by atoms with van der Waals surface area (Å²) in [6, 6.07) is 13.9. The predicted molar refractivity (Wildman–Crippen MR) is 94.7 cm³/mol. The molecule has 0 aliphatic carbocycles. The first-order valence-corrected chi connectivity index (χ1v) is 8.25. The van der Waals surface area contributed by atoms with Crippen molar-refractivity contribution in [2.75, 3.05) is 5.32 Å². The van der Waals surface area contributed by atoms with Gasteiger partial charge in [0.25, 0.3) is 11.1 Å². The number of carbonyl (C=O) groups is 2. The molecule has 0 radical (unpaired) electrons. The molecule has 7 heteroatoms. The van der Waals surface area contributed by atoms with Gasteiger partial charge in [-0.2, -0.15) is 0 Å². The quantitative estimate of drug-likeness (QED) is 0.712. The van der Waals surface area contributed by atoms with Crippen LogP contribution in [0.5, 0.6) is 0 Å². The number of aryl methyl sites for hydroxylation is 1. The number of nitrogens with zero attached hydrogens (tertiary/aromatic N) is 2. The molecule has 0 saturated heterocycles. The Hall–Kier alpha value is -2.57. The highest BCUT2D eigenvalue weighted by molar-refractivity contribution is 7.18. The number of aromatic nitrogens is 2. The summed E-state index contributed by atoms with van der Waals surface area (Å²) in [6.45, 7) is 1.99. The van der Waals surface area contributed by atoms with Crippen LogP contribution < -0.4 is 5.32 Å². The summed E-state index contributed by atoms with van der Waals surface area (Å²) >= 11 is 6.68. The van der Waals surface area contributed by atoms with E-state index < -0.39 is 5.24 Å². The molecule has 0 bridgehead atoms. The van der Waals surface area contributed by atoms with E-state index in [1.54, 1.807) is 0 Å². The number of anilines is 1. The average molecular weight is 358 g/mol. The molecule has 1 amide bonds. The molecule has 5 nitrogen and oxygen atoms in total. The van der Waals surface area contributed by atoms with Crippen molar-refractivity contribution < 1.29 is 9.59 Å². The molecule has 0 saturated carbocycles. The summed E-state index contributed by atoms with van der Waals surface area (Å²) in [5, 5.41) is 11.4. The summed E-state index contributed by atoms with van der Waals surface area (Å²) in [4.78, 5) is 23.2. The molecule has 1 N–H and O–H groups in total. The highest BCUT2D eigenvalue weighted by atomic mass is 35.5. The van der Waals surface area contributed by atoms with Gasteiger partial charge in [-0.3, -0.25) is 14.9 Å². The first-order chi connectivity index (χ1) is 11.5. The maximum Gasteiger partial charge on any atom is 0.257 e. The Balaban J connectivity index is 1.76. The van der Waals surface area contributed by atoms with Crippen LogP contribution in [0.2, 0.25) is 0 Å². The van der Waals surface area contributed by atoms with Crippen LogP contribution in [0.25, 0.3) is 10.6 Å². The standard InChI is InChI=1S/C17H12ClN3O2S/c1-10-4-2-3-5-13(10)16-20-21-17(24-16)19-15(23)12-8-6-11(7-9-12)14(18)22/h2-9H,1H3,(H,19,21,23). The average Bonchev–Trinajstić information content (AvgIpc) is 3.03. The zero-order chi connectivity index (χ0) is 17.1. The second kappa shape index (κ2) is 6.90. The van der Waals surface area contributed by atoms with Crippen LogP contribution in [0.4, 0.5) is 5.13 Å². The number of nitrogens with one attached hydrogen (secondary N) is 1. The van der Waals surface area contributed by atoms with Gasteiger partial charge in [0.2, 0.25) is 5.13 Å². The summed E-state index contributed by atoms with van der Waals surface area (Å²) in [5.74, 6) is -0.323. The molecular formula is C17H12ClN3O2S. The predicted octanol–water partition coefficient (Wildman–Crippen LogP) is 4.14. The topological polar surface area (TPSA) is 72.0 Å². The maximum atomic E-state index is 12.2. The van der Waals surface area contributed by atoms with Crippen LogP contribution in [0, 0.1) is 6.92 Å². The number of halogens is 1. The fourth-order valence-electron chi connectivity index (χ4n) is 2.12. The van der Waals surface area contributed by atoms with Gasteiger partial charge in [-0.05, 0) is 48.4 Å². The van der Waals surface area contributed by atoms with Crippen molar-refractivity contribution in [2.45, 2.75) is 6.92 Å². The van der Waals surface area contributed by atoms with Crippen molar-refractivity contribution in [1.82, 2.24) is 10.2 Å². The fourth-order valence-corrected chi connectivity index (χ4v) is 3.07. The van der Waals surface area contributed by atoms with E-state index in [1.807, 2.05) is 31.2 Å². The van der Waals surface area contributed by atoms with Crippen molar-refractivity contribution in [3.8, 4) is 10.6 Å². The Bertz CT molecular complexity index is 906. The number of hydrogen-bond donors (Lipinski definition) is 1. The van der Waals surface area contributed by atoms with Crippen LogP contribution in [0.1, 0.15) is 26.3 Å². The van der Waals surface area contributed by atoms with Crippen molar-refractivity contribution >= 4 is 39.2 Å². The third kappa shape index (κ3) is 3.50. The van der Waals surface area contributed by atoms with Crippen molar-refractivity contribution in [1.29, 1.82) is 0 Å². The lowest BCUT2D eigenvalue weighted by molar-refractivity contribution is 0.102. The lowest BCUT2D eigenvalue weighted by Gasteiger charge is -2.02. The monoisotopic (exact) mass is 357 g/mol. The third-order valence-corrected chi connectivity index (χ3v) is 4.49. The third-order valence-electron chi connectivity index (χ3n) is 3.39. The van der Waals surface area contributed by atoms with E-state index in [4.69, 9.17) is 11.6 Å². The Kier molecular flexibility index (Phi) is 4.69. The summed E-state index contributed by atoms with van der Waals surface area (Å²) in [5.41, 5.74) is 2.82. The molecular weight excluding hydrogens is 346 g/mol. The number of carbonyl (C=O) groups excluding carboxylic acids is 2. The van der Waals surface area contributed by atoms with E-state index in [0.29, 0.717) is 16.3 Å². The molecule has 0 unspecified atom stereocenters. The van der Waals surface area contributed by atoms with E-state index in [0.717, 1.165) is 16.1 Å². The minimum atomic E-state index is -0.561. The number of hydrogen-bond acceptors (Lipinski definition) is 5. The van der Waals surface area contributed by atoms with Crippen LogP contribution in [0.3, 0.4) is 0 Å². The minimum Gasteiger partial charge on any atom is -0.296 e. The zero-order valence-corrected chi connectivity index (χ0v) is 14.2. The fraction of sp³-hybridized carbons (Fsp3) is 0.0588. The van der Waals surface area contributed by atoms with Crippen LogP contribution in [-0.4, -0.2) is 21.3 Å². The molecule has 0 fully saturated rings. The molecule has 3 rings (SSSR count). The number of amides is 1. The van der Waals surface area contributed by atoms with E-state index in [9.17, 15) is 9.59 Å². The van der Waals surface area contributed by atoms with Gasteiger partial charge in [0.05, 0.1) is 0 Å². The first-order valence-electron chi connectivity index (χ1n) is 7.05. The lowest BCUT2D eigenvalue weighted by Crippen LogP contribution is -2.11. The molecule has 0 aliphatic heterocycles. The van der Waals surface area contributed by atoms with Gasteiger partial charge < -0.3 is 0 Å². The number of rotatable bonds is 4. The van der Waals surface area contributed by atoms with Crippen LogP contribution in [-0.2, 0) is 0 Å². The Morgan fingerprint density at radius 2 is 1.67 bits per heavy atom. The molecule has 24 heavy (non-hydrogen) atoms. The number of benzene rings is 2. The molecule has 3 aromatic rings. The molecule has 0 aliphatic rings. The molecule has 0 spiro atoms. The van der Waals surface area contributed by atoms with Gasteiger partial charge in [-0.15, -0.1) is 10.2 Å². The molecule has 120 valence electrons. The second-order valence-corrected chi connectivity index (χ2v) is 6.35. The van der Waals surface area contributed by atoms with Crippen LogP contribution >= 0.6 is 22.9 Å². The lowest BCUT2D eigenvalue weighted by atomic mass is 10.1. The summed E-state index contributed by atoms with van der Waals surface area (Å²) in [7, 11) is 0. The van der Waals surface area contributed by atoms with Gasteiger partial charge in [0, 0.05) is 16.7 Å².